The Balaban J connectivity index is 0.000000490. The van der Waals surface area contributed by atoms with Crippen LogP contribution >= 0.6 is 35.8 Å². The number of hydrogen-bond acceptors (Lipinski definition) is 3. The van der Waals surface area contributed by atoms with Crippen LogP contribution in [0.5, 0.6) is 0 Å². The molecule has 0 saturated carbocycles. The Morgan fingerprint density at radius 1 is 1.12 bits per heavy atom. The Hall–Kier alpha value is 1.64. The van der Waals surface area contributed by atoms with Crippen molar-refractivity contribution in [1.82, 2.24) is 10.2 Å². The van der Waals surface area contributed by atoms with Gasteiger partial charge in [-0.3, -0.25) is 10.2 Å². The van der Waals surface area contributed by atoms with E-state index in [1.54, 1.807) is 0 Å². The van der Waals surface area contributed by atoms with E-state index in [4.69, 9.17) is 24.4 Å². The van der Waals surface area contributed by atoms with Crippen LogP contribution in [0.4, 0.5) is 0 Å². The predicted molar refractivity (Wildman–Crippen MR) is 34.7 cm³/mol. The largest absolute Gasteiger partial charge is 1.00 e. The zero-order valence-corrected chi connectivity index (χ0v) is 9.80. The molecule has 0 saturated heterocycles. The summed E-state index contributed by atoms with van der Waals surface area (Å²) in [6.07, 6.45) is 0. The molecule has 38 valence electrons. The summed E-state index contributed by atoms with van der Waals surface area (Å²) in [5.74, 6) is 0. The third kappa shape index (κ3) is 2.97. The number of hydrogen-bond donors (Lipinski definition) is 2. The van der Waals surface area contributed by atoms with E-state index >= 15 is 0 Å². The molecule has 2 nitrogen and oxygen atoms in total. The quantitative estimate of drug-likeness (QED) is 0.400. The van der Waals surface area contributed by atoms with Gasteiger partial charge in [-0.15, -0.1) is 0 Å². The SMILES string of the molecule is S=c1[nH][nH]c(=S)s1.[K+]. The number of aromatic nitrogens is 2. The molecule has 1 heterocycles. The van der Waals surface area contributed by atoms with Crippen LogP contribution in [0.2, 0.25) is 0 Å². The van der Waals surface area contributed by atoms with E-state index in [0.29, 0.717) is 7.91 Å². The van der Waals surface area contributed by atoms with Gasteiger partial charge in [-0.05, 0) is 24.4 Å². The number of rotatable bonds is 0. The number of aromatic amines is 2. The van der Waals surface area contributed by atoms with Crippen LogP contribution in [-0.2, 0) is 0 Å². The van der Waals surface area contributed by atoms with Gasteiger partial charge in [-0.25, -0.2) is 0 Å². The maximum Gasteiger partial charge on any atom is 1.00 e. The smallest absolute Gasteiger partial charge is 0.281 e. The minimum Gasteiger partial charge on any atom is -0.281 e. The molecule has 0 aromatic carbocycles. The van der Waals surface area contributed by atoms with E-state index in [0.717, 1.165) is 0 Å². The molecule has 0 aliphatic carbocycles. The van der Waals surface area contributed by atoms with E-state index in [1.807, 2.05) is 0 Å². The first kappa shape index (κ1) is 9.64. The van der Waals surface area contributed by atoms with Gasteiger partial charge >= 0.3 is 51.4 Å². The van der Waals surface area contributed by atoms with Crippen molar-refractivity contribution < 1.29 is 51.4 Å². The van der Waals surface area contributed by atoms with Crippen molar-refractivity contribution in [3.63, 3.8) is 0 Å². The van der Waals surface area contributed by atoms with Crippen LogP contribution in [0, 0.1) is 7.91 Å². The van der Waals surface area contributed by atoms with E-state index in [1.165, 1.54) is 11.3 Å². The molecule has 1 aromatic rings. The van der Waals surface area contributed by atoms with Gasteiger partial charge in [0.05, 0.1) is 0 Å². The maximum atomic E-state index is 4.70. The number of nitrogens with one attached hydrogen (secondary N) is 2. The molecule has 0 aliphatic heterocycles. The van der Waals surface area contributed by atoms with Gasteiger partial charge in [0, 0.05) is 0 Å². The molecule has 6 heteroatoms. The van der Waals surface area contributed by atoms with Gasteiger partial charge < -0.3 is 0 Å². The van der Waals surface area contributed by atoms with Crippen LogP contribution in [0.25, 0.3) is 0 Å². The summed E-state index contributed by atoms with van der Waals surface area (Å²) in [5.41, 5.74) is 0. The van der Waals surface area contributed by atoms with Crippen LogP contribution in [0.1, 0.15) is 0 Å². The first-order chi connectivity index (χ1) is 3.29. The second-order valence-electron chi connectivity index (χ2n) is 0.927. The summed E-state index contributed by atoms with van der Waals surface area (Å²) in [5, 5.41) is 5.34. The fraction of sp³-hybridized carbons (Fsp3) is 0. The van der Waals surface area contributed by atoms with Crippen molar-refractivity contribution in [3.05, 3.63) is 7.91 Å². The first-order valence-corrected chi connectivity index (χ1v) is 3.20. The Morgan fingerprint density at radius 2 is 1.50 bits per heavy atom. The van der Waals surface area contributed by atoms with Gasteiger partial charge in [0.2, 0.25) is 0 Å². The molecule has 0 radical (unpaired) electrons. The predicted octanol–water partition coefficient (Wildman–Crippen LogP) is -1.13. The third-order valence-corrected chi connectivity index (χ3v) is 1.73. The summed E-state index contributed by atoms with van der Waals surface area (Å²) < 4.78 is 1.40. The Kier molecular flexibility index (Phi) is 5.36. The van der Waals surface area contributed by atoms with Crippen LogP contribution in [0.15, 0.2) is 0 Å². The molecule has 0 atom stereocenters. The third-order valence-electron chi connectivity index (χ3n) is 0.452. The average Bonchev–Trinajstić information content (AvgIpc) is 1.87. The molecule has 0 bridgehead atoms. The topological polar surface area (TPSA) is 31.6 Å². The summed E-state index contributed by atoms with van der Waals surface area (Å²) in [6.45, 7) is 0. The monoisotopic (exact) mass is 189 g/mol. The van der Waals surface area contributed by atoms with Crippen LogP contribution in [-0.4, -0.2) is 10.2 Å². The molecule has 1 aromatic heterocycles. The second kappa shape index (κ2) is 4.45. The zero-order chi connectivity index (χ0) is 5.28. The molecule has 1 rings (SSSR count). The fourth-order valence-corrected chi connectivity index (χ4v) is 1.37. The van der Waals surface area contributed by atoms with Gasteiger partial charge in [0.1, 0.15) is 0 Å². The molecule has 0 aliphatic rings. The fourth-order valence-electron chi connectivity index (χ4n) is 0.237. The van der Waals surface area contributed by atoms with Crippen molar-refractivity contribution in [1.29, 1.82) is 0 Å². The second-order valence-corrected chi connectivity index (χ2v) is 3.28. The van der Waals surface area contributed by atoms with Crippen molar-refractivity contribution in [2.75, 3.05) is 0 Å². The molecule has 0 spiro atoms. The molecule has 0 fully saturated rings. The summed E-state index contributed by atoms with van der Waals surface area (Å²) in [6, 6.07) is 0. The molecular weight excluding hydrogens is 187 g/mol. The Labute approximate surface area is 103 Å². The normalized spacial score (nSPS) is 8.00. The Bertz CT molecular complexity index is 220. The molecule has 8 heavy (non-hydrogen) atoms. The minimum absolute atomic E-state index is 0. The molecular formula is C2H2KN2S3+. The van der Waals surface area contributed by atoms with E-state index < -0.39 is 0 Å². The van der Waals surface area contributed by atoms with Gasteiger partial charge in [-0.1, -0.05) is 11.3 Å². The van der Waals surface area contributed by atoms with Crippen molar-refractivity contribution in [3.8, 4) is 0 Å². The average molecular weight is 189 g/mol. The standard InChI is InChI=1S/C2H2N2S3.K/c5-1-3-4-2(6)7-1;/h(H,3,5)(H,4,6);/q;+1. The minimum atomic E-state index is 0. The van der Waals surface area contributed by atoms with E-state index in [-0.39, 0.29) is 51.4 Å². The maximum absolute atomic E-state index is 4.70. The van der Waals surface area contributed by atoms with Crippen LogP contribution < -0.4 is 51.4 Å². The van der Waals surface area contributed by atoms with Crippen molar-refractivity contribution in [2.24, 2.45) is 0 Å². The summed E-state index contributed by atoms with van der Waals surface area (Å²) in [7, 11) is 0. The van der Waals surface area contributed by atoms with Crippen molar-refractivity contribution >= 4 is 35.8 Å². The molecule has 0 amide bonds. The summed E-state index contributed by atoms with van der Waals surface area (Å²) >= 11 is 10.8. The van der Waals surface area contributed by atoms with Gasteiger partial charge in [0.15, 0.2) is 7.91 Å². The summed E-state index contributed by atoms with van der Waals surface area (Å²) in [4.78, 5) is 0. The van der Waals surface area contributed by atoms with E-state index in [9.17, 15) is 0 Å². The zero-order valence-electron chi connectivity index (χ0n) is 4.22. The first-order valence-electron chi connectivity index (χ1n) is 1.57. The molecule has 0 unspecified atom stereocenters. The Morgan fingerprint density at radius 3 is 1.62 bits per heavy atom. The van der Waals surface area contributed by atoms with Gasteiger partial charge in [-0.2, -0.15) is 0 Å². The van der Waals surface area contributed by atoms with Crippen molar-refractivity contribution in [2.45, 2.75) is 0 Å². The van der Waals surface area contributed by atoms with E-state index in [2.05, 4.69) is 10.2 Å². The van der Waals surface area contributed by atoms with Gasteiger partial charge in [0.25, 0.3) is 0 Å². The molecule has 2 N–H and O–H groups in total. The van der Waals surface area contributed by atoms with Crippen LogP contribution in [0.3, 0.4) is 0 Å². The number of H-pyrrole nitrogens is 2.